The van der Waals surface area contributed by atoms with Gasteiger partial charge in [0, 0.05) is 12.1 Å². The lowest BCUT2D eigenvalue weighted by atomic mass is 10.0. The third-order valence-corrected chi connectivity index (χ3v) is 3.64. The maximum atomic E-state index is 12.3. The van der Waals surface area contributed by atoms with Crippen molar-refractivity contribution in [2.45, 2.75) is 39.3 Å². The summed E-state index contributed by atoms with van der Waals surface area (Å²) in [6.45, 7) is 4.46. The van der Waals surface area contributed by atoms with E-state index in [0.717, 1.165) is 12.0 Å². The second-order valence-corrected chi connectivity index (χ2v) is 5.66. The minimum atomic E-state index is -0.584. The van der Waals surface area contributed by atoms with Crippen molar-refractivity contribution < 1.29 is 14.7 Å². The van der Waals surface area contributed by atoms with Gasteiger partial charge in [0.15, 0.2) is 0 Å². The van der Waals surface area contributed by atoms with E-state index in [1.165, 1.54) is 11.0 Å². The summed E-state index contributed by atoms with van der Waals surface area (Å²) in [4.78, 5) is 25.5. The number of phenols is 1. The standard InChI is InChI=1S/C15H20N2O3/c1-9(2)3-6-13(14(16)19)17-8-10-7-11(18)4-5-12(10)15(17)20/h4-5,7,9,13,18H,3,6,8H2,1-2H3,(H2,16,19). The van der Waals surface area contributed by atoms with Crippen molar-refractivity contribution in [1.29, 1.82) is 0 Å². The van der Waals surface area contributed by atoms with Crippen LogP contribution in [0.25, 0.3) is 0 Å². The predicted octanol–water partition coefficient (Wildman–Crippen LogP) is 1.64. The van der Waals surface area contributed by atoms with E-state index < -0.39 is 11.9 Å². The molecule has 0 saturated heterocycles. The molecule has 1 aliphatic heterocycles. The molecule has 1 unspecified atom stereocenters. The molecule has 1 aromatic rings. The van der Waals surface area contributed by atoms with Crippen molar-refractivity contribution in [2.75, 3.05) is 0 Å². The molecule has 1 atom stereocenters. The van der Waals surface area contributed by atoms with E-state index in [-0.39, 0.29) is 11.7 Å². The molecule has 0 aromatic heterocycles. The van der Waals surface area contributed by atoms with Crippen LogP contribution in [-0.4, -0.2) is 27.9 Å². The Labute approximate surface area is 118 Å². The van der Waals surface area contributed by atoms with Gasteiger partial charge in [-0.1, -0.05) is 13.8 Å². The van der Waals surface area contributed by atoms with Crippen LogP contribution in [0.15, 0.2) is 18.2 Å². The zero-order valence-corrected chi connectivity index (χ0v) is 11.8. The van der Waals surface area contributed by atoms with E-state index in [9.17, 15) is 14.7 Å². The normalized spacial score (nSPS) is 15.6. The summed E-state index contributed by atoms with van der Waals surface area (Å²) in [6.07, 6.45) is 1.40. The maximum Gasteiger partial charge on any atom is 0.255 e. The zero-order chi connectivity index (χ0) is 14.9. The van der Waals surface area contributed by atoms with E-state index in [0.29, 0.717) is 24.4 Å². The number of phenolic OH excluding ortho intramolecular Hbond substituents is 1. The maximum absolute atomic E-state index is 12.3. The quantitative estimate of drug-likeness (QED) is 0.857. The van der Waals surface area contributed by atoms with Gasteiger partial charge in [-0.15, -0.1) is 0 Å². The van der Waals surface area contributed by atoms with Gasteiger partial charge in [0.1, 0.15) is 11.8 Å². The van der Waals surface area contributed by atoms with Crippen molar-refractivity contribution in [1.82, 2.24) is 4.90 Å². The average molecular weight is 276 g/mol. The number of benzene rings is 1. The fourth-order valence-electron chi connectivity index (χ4n) is 2.52. The molecule has 0 bridgehead atoms. The SMILES string of the molecule is CC(C)CCC(C(N)=O)N1Cc2cc(O)ccc2C1=O. The summed E-state index contributed by atoms with van der Waals surface area (Å²) in [5.74, 6) is -0.0965. The largest absolute Gasteiger partial charge is 0.508 e. The van der Waals surface area contributed by atoms with E-state index in [4.69, 9.17) is 5.73 Å². The molecule has 0 fully saturated rings. The summed E-state index contributed by atoms with van der Waals surface area (Å²) in [6, 6.07) is 4.05. The number of nitrogens with zero attached hydrogens (tertiary/aromatic N) is 1. The Morgan fingerprint density at radius 2 is 2.10 bits per heavy atom. The molecule has 2 rings (SSSR count). The number of hydrogen-bond donors (Lipinski definition) is 2. The first kappa shape index (κ1) is 14.4. The minimum Gasteiger partial charge on any atom is -0.508 e. The highest BCUT2D eigenvalue weighted by Gasteiger charge is 2.35. The topological polar surface area (TPSA) is 83.6 Å². The van der Waals surface area contributed by atoms with Crippen molar-refractivity contribution >= 4 is 11.8 Å². The van der Waals surface area contributed by atoms with Crippen LogP contribution < -0.4 is 5.73 Å². The highest BCUT2D eigenvalue weighted by atomic mass is 16.3. The molecule has 1 aliphatic rings. The van der Waals surface area contributed by atoms with Gasteiger partial charge in [0.25, 0.3) is 5.91 Å². The van der Waals surface area contributed by atoms with Gasteiger partial charge in [-0.05, 0) is 42.5 Å². The van der Waals surface area contributed by atoms with Crippen molar-refractivity contribution in [2.24, 2.45) is 11.7 Å². The number of fused-ring (bicyclic) bond motifs is 1. The molecule has 1 heterocycles. The van der Waals surface area contributed by atoms with Gasteiger partial charge in [0.05, 0.1) is 0 Å². The van der Waals surface area contributed by atoms with E-state index in [2.05, 4.69) is 13.8 Å². The molecule has 1 aromatic carbocycles. The fourth-order valence-corrected chi connectivity index (χ4v) is 2.52. The molecule has 3 N–H and O–H groups in total. The molecule has 0 spiro atoms. The smallest absolute Gasteiger partial charge is 0.255 e. The van der Waals surface area contributed by atoms with Crippen molar-refractivity contribution in [3.05, 3.63) is 29.3 Å². The molecular weight excluding hydrogens is 256 g/mol. The van der Waals surface area contributed by atoms with Gasteiger partial charge in [-0.2, -0.15) is 0 Å². The number of aromatic hydroxyl groups is 1. The second-order valence-electron chi connectivity index (χ2n) is 5.66. The average Bonchev–Trinajstić information content (AvgIpc) is 2.66. The summed E-state index contributed by atoms with van der Waals surface area (Å²) in [5.41, 5.74) is 6.73. The van der Waals surface area contributed by atoms with Crippen molar-refractivity contribution in [3.63, 3.8) is 0 Å². The molecule has 108 valence electrons. The van der Waals surface area contributed by atoms with Gasteiger partial charge in [0.2, 0.25) is 5.91 Å². The van der Waals surface area contributed by atoms with E-state index in [1.54, 1.807) is 12.1 Å². The Balaban J connectivity index is 2.20. The van der Waals surface area contributed by atoms with Crippen LogP contribution in [0.3, 0.4) is 0 Å². The van der Waals surface area contributed by atoms with Gasteiger partial charge in [-0.25, -0.2) is 0 Å². The van der Waals surface area contributed by atoms with Crippen LogP contribution in [0.4, 0.5) is 0 Å². The van der Waals surface area contributed by atoms with E-state index >= 15 is 0 Å². The Bertz CT molecular complexity index is 540. The first-order valence-corrected chi connectivity index (χ1v) is 6.82. The molecular formula is C15H20N2O3. The Morgan fingerprint density at radius 1 is 1.40 bits per heavy atom. The molecule has 2 amide bonds. The lowest BCUT2D eigenvalue weighted by Crippen LogP contribution is -2.45. The second kappa shape index (κ2) is 5.53. The number of carbonyl (C=O) groups excluding carboxylic acids is 2. The summed E-state index contributed by atoms with van der Waals surface area (Å²) in [5, 5.41) is 9.47. The number of carbonyl (C=O) groups is 2. The number of amides is 2. The summed E-state index contributed by atoms with van der Waals surface area (Å²) < 4.78 is 0. The van der Waals surface area contributed by atoms with Crippen molar-refractivity contribution in [3.8, 4) is 5.75 Å². The highest BCUT2D eigenvalue weighted by molar-refractivity contribution is 6.01. The van der Waals surface area contributed by atoms with Crippen LogP contribution in [-0.2, 0) is 11.3 Å². The monoisotopic (exact) mass is 276 g/mol. The molecule has 5 heteroatoms. The predicted molar refractivity (Wildman–Crippen MR) is 75.0 cm³/mol. The van der Waals surface area contributed by atoms with Crippen LogP contribution in [0.1, 0.15) is 42.6 Å². The van der Waals surface area contributed by atoms with Crippen LogP contribution in [0.5, 0.6) is 5.75 Å². The number of primary amides is 1. The number of nitrogens with two attached hydrogens (primary N) is 1. The molecule has 0 aliphatic carbocycles. The van der Waals surface area contributed by atoms with Crippen LogP contribution in [0.2, 0.25) is 0 Å². The summed E-state index contributed by atoms with van der Waals surface area (Å²) >= 11 is 0. The molecule has 20 heavy (non-hydrogen) atoms. The third kappa shape index (κ3) is 2.76. The number of rotatable bonds is 5. The highest BCUT2D eigenvalue weighted by Crippen LogP contribution is 2.29. The van der Waals surface area contributed by atoms with Gasteiger partial charge >= 0.3 is 0 Å². The van der Waals surface area contributed by atoms with Crippen LogP contribution in [0, 0.1) is 5.92 Å². The third-order valence-electron chi connectivity index (χ3n) is 3.64. The Kier molecular flexibility index (Phi) is 3.97. The minimum absolute atomic E-state index is 0.121. The summed E-state index contributed by atoms with van der Waals surface area (Å²) in [7, 11) is 0. The first-order chi connectivity index (χ1) is 9.40. The Morgan fingerprint density at radius 3 is 2.70 bits per heavy atom. The lowest BCUT2D eigenvalue weighted by molar-refractivity contribution is -0.122. The molecule has 5 nitrogen and oxygen atoms in total. The number of hydrogen-bond acceptors (Lipinski definition) is 3. The zero-order valence-electron chi connectivity index (χ0n) is 11.8. The Hall–Kier alpha value is -2.04. The molecule has 0 radical (unpaired) electrons. The van der Waals surface area contributed by atoms with Gasteiger partial charge in [-0.3, -0.25) is 9.59 Å². The first-order valence-electron chi connectivity index (χ1n) is 6.82. The molecule has 0 saturated carbocycles. The van der Waals surface area contributed by atoms with Crippen LogP contribution >= 0.6 is 0 Å². The van der Waals surface area contributed by atoms with E-state index in [1.807, 2.05) is 0 Å². The fraction of sp³-hybridized carbons (Fsp3) is 0.467. The lowest BCUT2D eigenvalue weighted by Gasteiger charge is -2.25. The van der Waals surface area contributed by atoms with Gasteiger partial charge < -0.3 is 15.7 Å².